The first kappa shape index (κ1) is 20.3. The highest BCUT2D eigenvalue weighted by molar-refractivity contribution is 5.85. The van der Waals surface area contributed by atoms with Crippen molar-refractivity contribution in [3.05, 3.63) is 17.5 Å². The van der Waals surface area contributed by atoms with Crippen molar-refractivity contribution in [3.8, 4) is 0 Å². The molecule has 1 aromatic heterocycles. The van der Waals surface area contributed by atoms with E-state index in [4.69, 9.17) is 0 Å². The molecule has 23 heavy (non-hydrogen) atoms. The van der Waals surface area contributed by atoms with E-state index in [9.17, 15) is 13.2 Å². The summed E-state index contributed by atoms with van der Waals surface area (Å²) in [6, 6.07) is 0. The lowest BCUT2D eigenvalue weighted by Gasteiger charge is -2.19. The van der Waals surface area contributed by atoms with Crippen LogP contribution in [0.3, 0.4) is 0 Å². The number of likely N-dealkylation sites (tertiary alicyclic amines) is 1. The molecule has 0 saturated carbocycles. The number of alkyl halides is 3. The molecule has 1 saturated heterocycles. The minimum absolute atomic E-state index is 0. The summed E-state index contributed by atoms with van der Waals surface area (Å²) < 4.78 is 37.1. The predicted octanol–water partition coefficient (Wildman–Crippen LogP) is 3.10. The molecule has 1 fully saturated rings. The zero-order chi connectivity index (χ0) is 16.4. The molecule has 2 N–H and O–H groups in total. The molecule has 0 radical (unpaired) electrons. The van der Waals surface area contributed by atoms with E-state index in [0.29, 0.717) is 19.6 Å². The Hall–Kier alpha value is -0.790. The Morgan fingerprint density at radius 3 is 2.65 bits per heavy atom. The van der Waals surface area contributed by atoms with Crippen LogP contribution < -0.4 is 5.32 Å². The topological polar surface area (TPSA) is 44.0 Å². The summed E-state index contributed by atoms with van der Waals surface area (Å²) in [5, 5.41) is 10.5. The lowest BCUT2D eigenvalue weighted by molar-refractivity contribution is -0.143. The first-order chi connectivity index (χ1) is 10.1. The number of aromatic amines is 1. The van der Waals surface area contributed by atoms with Gasteiger partial charge in [-0.05, 0) is 25.4 Å². The van der Waals surface area contributed by atoms with Crippen LogP contribution in [0.4, 0.5) is 13.2 Å². The summed E-state index contributed by atoms with van der Waals surface area (Å²) in [6.07, 6.45) is -1.46. The van der Waals surface area contributed by atoms with Crippen molar-refractivity contribution >= 4 is 12.4 Å². The SMILES string of the molecule is CC(C)(C)c1[nH]ncc1CNCC1CCN(CC(F)(F)F)C1.Cl. The molecule has 134 valence electrons. The average Bonchev–Trinajstić information content (AvgIpc) is 2.95. The average molecular weight is 355 g/mol. The molecule has 2 heterocycles. The highest BCUT2D eigenvalue weighted by Gasteiger charge is 2.34. The van der Waals surface area contributed by atoms with Gasteiger partial charge < -0.3 is 5.32 Å². The lowest BCUT2D eigenvalue weighted by Crippen LogP contribution is -2.33. The van der Waals surface area contributed by atoms with E-state index in [0.717, 1.165) is 24.2 Å². The predicted molar refractivity (Wildman–Crippen MR) is 86.8 cm³/mol. The van der Waals surface area contributed by atoms with Gasteiger partial charge in [0.1, 0.15) is 0 Å². The van der Waals surface area contributed by atoms with E-state index >= 15 is 0 Å². The molecule has 0 amide bonds. The summed E-state index contributed by atoms with van der Waals surface area (Å²) in [4.78, 5) is 1.49. The maximum Gasteiger partial charge on any atom is 0.401 e. The second kappa shape index (κ2) is 7.85. The summed E-state index contributed by atoms with van der Waals surface area (Å²) in [5.41, 5.74) is 2.23. The number of hydrogen-bond donors (Lipinski definition) is 2. The van der Waals surface area contributed by atoms with Crippen LogP contribution in [-0.4, -0.2) is 47.5 Å². The van der Waals surface area contributed by atoms with Gasteiger partial charge in [-0.25, -0.2) is 0 Å². The van der Waals surface area contributed by atoms with E-state index in [2.05, 4.69) is 36.3 Å². The van der Waals surface area contributed by atoms with E-state index in [1.807, 2.05) is 6.20 Å². The van der Waals surface area contributed by atoms with Gasteiger partial charge in [0.2, 0.25) is 0 Å². The Kier molecular flexibility index (Phi) is 6.92. The van der Waals surface area contributed by atoms with Crippen molar-refractivity contribution in [1.82, 2.24) is 20.4 Å². The Morgan fingerprint density at radius 1 is 1.35 bits per heavy atom. The van der Waals surface area contributed by atoms with Crippen LogP contribution in [0.25, 0.3) is 0 Å². The van der Waals surface area contributed by atoms with Crippen molar-refractivity contribution < 1.29 is 13.2 Å². The molecule has 1 aliphatic rings. The summed E-state index contributed by atoms with van der Waals surface area (Å²) in [5.74, 6) is 0.285. The van der Waals surface area contributed by atoms with Gasteiger partial charge in [0, 0.05) is 29.8 Å². The van der Waals surface area contributed by atoms with Crippen molar-refractivity contribution in [1.29, 1.82) is 0 Å². The van der Waals surface area contributed by atoms with Crippen LogP contribution in [0.1, 0.15) is 38.4 Å². The number of nitrogens with zero attached hydrogens (tertiary/aromatic N) is 2. The molecule has 4 nitrogen and oxygen atoms in total. The van der Waals surface area contributed by atoms with E-state index in [-0.39, 0.29) is 23.7 Å². The third-order valence-electron chi connectivity index (χ3n) is 3.99. The lowest BCUT2D eigenvalue weighted by atomic mass is 9.89. The molecule has 0 spiro atoms. The number of halogens is 4. The molecular weight excluding hydrogens is 329 g/mol. The van der Waals surface area contributed by atoms with Crippen molar-refractivity contribution in [2.24, 2.45) is 5.92 Å². The molecule has 8 heteroatoms. The molecule has 0 bridgehead atoms. The van der Waals surface area contributed by atoms with Gasteiger partial charge in [-0.3, -0.25) is 10.00 Å². The van der Waals surface area contributed by atoms with Crippen LogP contribution in [0.15, 0.2) is 6.20 Å². The second-order valence-electron chi connectivity index (χ2n) is 7.16. The van der Waals surface area contributed by atoms with Crippen LogP contribution in [0.5, 0.6) is 0 Å². The quantitative estimate of drug-likeness (QED) is 0.854. The van der Waals surface area contributed by atoms with Gasteiger partial charge in [-0.15, -0.1) is 12.4 Å². The molecule has 2 rings (SSSR count). The number of H-pyrrole nitrogens is 1. The Bertz CT molecular complexity index is 482. The van der Waals surface area contributed by atoms with Crippen LogP contribution in [0.2, 0.25) is 0 Å². The third kappa shape index (κ3) is 6.31. The van der Waals surface area contributed by atoms with E-state index < -0.39 is 12.7 Å². The van der Waals surface area contributed by atoms with Crippen molar-refractivity contribution in [3.63, 3.8) is 0 Å². The largest absolute Gasteiger partial charge is 0.401 e. The standard InChI is InChI=1S/C15H25F3N4.ClH/c1-14(2,3)13-12(8-20-21-13)7-19-6-11-4-5-22(9-11)10-15(16,17)18;/h8,11,19H,4-7,9-10H2,1-3H3,(H,20,21);1H. The van der Waals surface area contributed by atoms with Crippen LogP contribution >= 0.6 is 12.4 Å². The molecule has 0 aromatic carbocycles. The fraction of sp³-hybridized carbons (Fsp3) is 0.800. The smallest absolute Gasteiger partial charge is 0.312 e. The molecular formula is C15H26ClF3N4. The first-order valence-electron chi connectivity index (χ1n) is 7.68. The highest BCUT2D eigenvalue weighted by atomic mass is 35.5. The van der Waals surface area contributed by atoms with Crippen LogP contribution in [0, 0.1) is 5.92 Å². The molecule has 1 unspecified atom stereocenters. The number of aromatic nitrogens is 2. The van der Waals surface area contributed by atoms with Crippen molar-refractivity contribution in [2.75, 3.05) is 26.2 Å². The highest BCUT2D eigenvalue weighted by Crippen LogP contribution is 2.24. The zero-order valence-electron chi connectivity index (χ0n) is 13.8. The minimum atomic E-state index is -4.10. The van der Waals surface area contributed by atoms with Gasteiger partial charge in [-0.1, -0.05) is 20.8 Å². The number of hydrogen-bond acceptors (Lipinski definition) is 3. The maximum absolute atomic E-state index is 12.4. The summed E-state index contributed by atoms with van der Waals surface area (Å²) >= 11 is 0. The summed E-state index contributed by atoms with van der Waals surface area (Å²) in [6.45, 7) is 8.05. The van der Waals surface area contributed by atoms with E-state index in [1.165, 1.54) is 4.90 Å². The monoisotopic (exact) mass is 354 g/mol. The number of rotatable bonds is 5. The fourth-order valence-corrected chi connectivity index (χ4v) is 2.98. The molecule has 1 atom stereocenters. The molecule has 0 aliphatic carbocycles. The molecule has 1 aromatic rings. The zero-order valence-corrected chi connectivity index (χ0v) is 14.7. The normalized spacial score (nSPS) is 19.8. The molecule has 1 aliphatic heterocycles. The maximum atomic E-state index is 12.4. The van der Waals surface area contributed by atoms with Gasteiger partial charge in [0.05, 0.1) is 12.7 Å². The van der Waals surface area contributed by atoms with Crippen molar-refractivity contribution in [2.45, 2.75) is 45.3 Å². The summed E-state index contributed by atoms with van der Waals surface area (Å²) in [7, 11) is 0. The Balaban J connectivity index is 0.00000264. The number of nitrogens with one attached hydrogen (secondary N) is 2. The Morgan fingerprint density at radius 2 is 2.04 bits per heavy atom. The Labute approximate surface area is 141 Å². The second-order valence-corrected chi connectivity index (χ2v) is 7.16. The first-order valence-corrected chi connectivity index (χ1v) is 7.68. The van der Waals surface area contributed by atoms with Gasteiger partial charge in [-0.2, -0.15) is 18.3 Å². The van der Waals surface area contributed by atoms with Gasteiger partial charge in [0.15, 0.2) is 0 Å². The van der Waals surface area contributed by atoms with E-state index in [1.54, 1.807) is 0 Å². The third-order valence-corrected chi connectivity index (χ3v) is 3.99. The van der Waals surface area contributed by atoms with Gasteiger partial charge >= 0.3 is 6.18 Å². The fourth-order valence-electron chi connectivity index (χ4n) is 2.98. The van der Waals surface area contributed by atoms with Gasteiger partial charge in [0.25, 0.3) is 0 Å². The minimum Gasteiger partial charge on any atom is -0.312 e. The van der Waals surface area contributed by atoms with Crippen LogP contribution in [-0.2, 0) is 12.0 Å².